The van der Waals surface area contributed by atoms with Gasteiger partial charge in [-0.15, -0.1) is 0 Å². The maximum atomic E-state index is 12.9. The van der Waals surface area contributed by atoms with Gasteiger partial charge in [-0.1, -0.05) is 18.2 Å². The van der Waals surface area contributed by atoms with Gasteiger partial charge in [0, 0.05) is 36.3 Å². The Morgan fingerprint density at radius 2 is 2.20 bits per heavy atom. The number of rotatable bonds is 3. The van der Waals surface area contributed by atoms with Crippen LogP contribution in [0.5, 0.6) is 0 Å². The third-order valence-electron chi connectivity index (χ3n) is 4.74. The van der Waals surface area contributed by atoms with E-state index in [9.17, 15) is 4.79 Å². The predicted molar refractivity (Wildman–Crippen MR) is 93.1 cm³/mol. The van der Waals surface area contributed by atoms with Crippen molar-refractivity contribution in [3.8, 4) is 0 Å². The van der Waals surface area contributed by atoms with Crippen molar-refractivity contribution >= 4 is 16.9 Å². The Morgan fingerprint density at radius 1 is 1.36 bits per heavy atom. The molecule has 1 saturated heterocycles. The third-order valence-corrected chi connectivity index (χ3v) is 4.74. The Kier molecular flexibility index (Phi) is 4.05. The summed E-state index contributed by atoms with van der Waals surface area (Å²) >= 11 is 0. The highest BCUT2D eigenvalue weighted by Gasteiger charge is 2.27. The van der Waals surface area contributed by atoms with Crippen LogP contribution < -0.4 is 0 Å². The minimum Gasteiger partial charge on any atom is -0.461 e. The molecule has 1 fully saturated rings. The lowest BCUT2D eigenvalue weighted by Crippen LogP contribution is -2.42. The van der Waals surface area contributed by atoms with Gasteiger partial charge in [0.1, 0.15) is 17.4 Å². The van der Waals surface area contributed by atoms with E-state index >= 15 is 0 Å². The Balaban J connectivity index is 1.51. The van der Waals surface area contributed by atoms with Crippen molar-refractivity contribution in [2.45, 2.75) is 19.4 Å². The van der Waals surface area contributed by atoms with Crippen LogP contribution in [0.1, 0.15) is 23.0 Å². The van der Waals surface area contributed by atoms with E-state index in [-0.39, 0.29) is 12.0 Å². The Hall–Kier alpha value is -2.60. The van der Waals surface area contributed by atoms with Gasteiger partial charge >= 0.3 is 0 Å². The van der Waals surface area contributed by atoms with Gasteiger partial charge in [-0.25, -0.2) is 0 Å². The van der Waals surface area contributed by atoms with Crippen LogP contribution in [0.4, 0.5) is 0 Å². The summed E-state index contributed by atoms with van der Waals surface area (Å²) in [5.74, 6) is 0.915. The summed E-state index contributed by atoms with van der Waals surface area (Å²) in [6.07, 6.45) is 3.97. The molecule has 4 rings (SSSR count). The largest absolute Gasteiger partial charge is 0.461 e. The van der Waals surface area contributed by atoms with Gasteiger partial charge < -0.3 is 14.1 Å². The Bertz CT molecular complexity index is 912. The maximum absolute atomic E-state index is 12.9. The van der Waals surface area contributed by atoms with Crippen molar-refractivity contribution in [1.29, 1.82) is 0 Å². The number of ether oxygens (including phenoxy) is 1. The number of fused-ring (bicyclic) bond motifs is 1. The first-order valence-corrected chi connectivity index (χ1v) is 8.47. The number of amides is 1. The van der Waals surface area contributed by atoms with Crippen LogP contribution in [0.3, 0.4) is 0 Å². The second kappa shape index (κ2) is 6.37. The number of aryl methyl sites for hydroxylation is 2. The molecule has 1 aliphatic rings. The van der Waals surface area contributed by atoms with Crippen molar-refractivity contribution < 1.29 is 13.9 Å². The lowest BCUT2D eigenvalue weighted by molar-refractivity contribution is -0.138. The highest BCUT2D eigenvalue weighted by atomic mass is 16.5. The van der Waals surface area contributed by atoms with E-state index in [1.54, 1.807) is 10.9 Å². The highest BCUT2D eigenvalue weighted by Crippen LogP contribution is 2.27. The molecule has 3 aromatic rings. The molecule has 1 aliphatic heterocycles. The quantitative estimate of drug-likeness (QED) is 0.736. The average molecular weight is 339 g/mol. The molecule has 0 spiro atoms. The van der Waals surface area contributed by atoms with Gasteiger partial charge in [-0.2, -0.15) is 5.10 Å². The van der Waals surface area contributed by atoms with Gasteiger partial charge in [0.05, 0.1) is 25.8 Å². The summed E-state index contributed by atoms with van der Waals surface area (Å²) in [4.78, 5) is 14.7. The lowest BCUT2D eigenvalue weighted by Gasteiger charge is -2.32. The van der Waals surface area contributed by atoms with Gasteiger partial charge in [-0.05, 0) is 13.0 Å². The van der Waals surface area contributed by atoms with Gasteiger partial charge in [-0.3, -0.25) is 9.48 Å². The zero-order valence-corrected chi connectivity index (χ0v) is 14.4. The zero-order valence-electron chi connectivity index (χ0n) is 14.4. The fraction of sp³-hybridized carbons (Fsp3) is 0.368. The molecule has 3 heterocycles. The number of aromatic nitrogens is 2. The number of hydrogen-bond donors (Lipinski definition) is 0. The van der Waals surface area contributed by atoms with E-state index in [1.807, 2.05) is 49.3 Å². The number of benzene rings is 1. The molecule has 1 aromatic carbocycles. The van der Waals surface area contributed by atoms with Crippen LogP contribution in [0.25, 0.3) is 11.0 Å². The van der Waals surface area contributed by atoms with E-state index in [4.69, 9.17) is 9.15 Å². The van der Waals surface area contributed by atoms with Crippen LogP contribution >= 0.6 is 0 Å². The van der Waals surface area contributed by atoms with Crippen molar-refractivity contribution in [2.75, 3.05) is 19.7 Å². The molecule has 1 atom stereocenters. The molecule has 6 heteroatoms. The third kappa shape index (κ3) is 3.05. The molecule has 0 aliphatic carbocycles. The number of nitrogens with zero attached hydrogens (tertiary/aromatic N) is 3. The first kappa shape index (κ1) is 15.9. The summed E-state index contributed by atoms with van der Waals surface area (Å²) < 4.78 is 13.3. The van der Waals surface area contributed by atoms with E-state index in [1.165, 1.54) is 0 Å². The molecule has 2 aromatic heterocycles. The topological polar surface area (TPSA) is 60.5 Å². The highest BCUT2D eigenvalue weighted by molar-refractivity contribution is 5.88. The molecule has 0 N–H and O–H groups in total. The van der Waals surface area contributed by atoms with Gasteiger partial charge in [0.25, 0.3) is 0 Å². The fourth-order valence-electron chi connectivity index (χ4n) is 3.39. The average Bonchev–Trinajstić information content (AvgIpc) is 3.19. The molecule has 0 saturated carbocycles. The van der Waals surface area contributed by atoms with E-state index < -0.39 is 0 Å². The van der Waals surface area contributed by atoms with Crippen LogP contribution in [-0.2, 0) is 23.0 Å². The first-order chi connectivity index (χ1) is 12.1. The van der Waals surface area contributed by atoms with Crippen molar-refractivity contribution in [1.82, 2.24) is 14.7 Å². The second-order valence-electron chi connectivity index (χ2n) is 6.46. The van der Waals surface area contributed by atoms with Crippen molar-refractivity contribution in [2.24, 2.45) is 7.05 Å². The normalized spacial score (nSPS) is 18.0. The molecule has 1 amide bonds. The monoisotopic (exact) mass is 339 g/mol. The number of hydrogen-bond acceptors (Lipinski definition) is 4. The SMILES string of the molecule is Cc1oc2ccccc2c1CC(=O)N1CCOC(c2cnn(C)c2)C1. The zero-order chi connectivity index (χ0) is 17.4. The fourth-order valence-corrected chi connectivity index (χ4v) is 3.39. The van der Waals surface area contributed by atoms with E-state index in [0.29, 0.717) is 26.1 Å². The smallest absolute Gasteiger partial charge is 0.227 e. The Labute approximate surface area is 146 Å². The summed E-state index contributed by atoms with van der Waals surface area (Å²) in [6, 6.07) is 7.85. The lowest BCUT2D eigenvalue weighted by atomic mass is 10.1. The van der Waals surface area contributed by atoms with Crippen LogP contribution in [0, 0.1) is 6.92 Å². The number of morpholine rings is 1. The summed E-state index contributed by atoms with van der Waals surface area (Å²) in [6.45, 7) is 3.63. The van der Waals surface area contributed by atoms with E-state index in [2.05, 4.69) is 5.10 Å². The van der Waals surface area contributed by atoms with Crippen LogP contribution in [-0.4, -0.2) is 40.3 Å². The molecule has 1 unspecified atom stereocenters. The molecular formula is C19H21N3O3. The second-order valence-corrected chi connectivity index (χ2v) is 6.46. The van der Waals surface area contributed by atoms with Crippen LogP contribution in [0.2, 0.25) is 0 Å². The molecule has 130 valence electrons. The first-order valence-electron chi connectivity index (χ1n) is 8.47. The summed E-state index contributed by atoms with van der Waals surface area (Å²) in [5, 5.41) is 5.21. The van der Waals surface area contributed by atoms with Crippen LogP contribution in [0.15, 0.2) is 41.1 Å². The molecule has 0 bridgehead atoms. The molecule has 0 radical (unpaired) electrons. The minimum absolute atomic E-state index is 0.104. The van der Waals surface area contributed by atoms with Gasteiger partial charge in [0.15, 0.2) is 0 Å². The number of carbonyl (C=O) groups excluding carboxylic acids is 1. The molecule has 6 nitrogen and oxygen atoms in total. The Morgan fingerprint density at radius 3 is 3.00 bits per heavy atom. The predicted octanol–water partition coefficient (Wildman–Crippen LogP) is 2.62. The molecule has 25 heavy (non-hydrogen) atoms. The van der Waals surface area contributed by atoms with Crippen molar-refractivity contribution in [3.05, 3.63) is 53.5 Å². The standard InChI is InChI=1S/C19H21N3O3/c1-13-16(15-5-3-4-6-17(15)25-13)9-19(23)22-7-8-24-18(12-22)14-10-20-21(2)11-14/h3-6,10-11,18H,7-9,12H2,1-2H3. The summed E-state index contributed by atoms with van der Waals surface area (Å²) in [5.41, 5.74) is 2.81. The maximum Gasteiger partial charge on any atom is 0.227 e. The number of furan rings is 1. The van der Waals surface area contributed by atoms with Crippen molar-refractivity contribution in [3.63, 3.8) is 0 Å². The minimum atomic E-state index is -0.117. The number of carbonyl (C=O) groups is 1. The van der Waals surface area contributed by atoms with Gasteiger partial charge in [0.2, 0.25) is 5.91 Å². The molecular weight excluding hydrogens is 318 g/mol. The number of para-hydroxylation sites is 1. The summed E-state index contributed by atoms with van der Waals surface area (Å²) in [7, 11) is 1.88. The van der Waals surface area contributed by atoms with E-state index in [0.717, 1.165) is 27.9 Å².